The van der Waals surface area contributed by atoms with Crippen molar-refractivity contribution in [2.24, 2.45) is 0 Å². The lowest BCUT2D eigenvalue weighted by Gasteiger charge is -2.20. The van der Waals surface area contributed by atoms with Crippen LogP contribution in [-0.4, -0.2) is 47.4 Å². The molecule has 0 radical (unpaired) electrons. The quantitative estimate of drug-likeness (QED) is 0.0321. The van der Waals surface area contributed by atoms with Crippen LogP contribution in [0.2, 0.25) is 0 Å². The first-order chi connectivity index (χ1) is 31.5. The average molecular weight is 903 g/mol. The third-order valence-corrected chi connectivity index (χ3v) is 13.2. The van der Waals surface area contributed by atoms with Crippen LogP contribution < -0.4 is 5.32 Å². The molecule has 2 unspecified atom stereocenters. The molecule has 0 fully saturated rings. The van der Waals surface area contributed by atoms with Gasteiger partial charge < -0.3 is 20.3 Å². The molecule has 0 aromatic carbocycles. The zero-order valence-corrected chi connectivity index (χ0v) is 43.0. The third kappa shape index (κ3) is 49.8. The van der Waals surface area contributed by atoms with Crippen molar-refractivity contribution < 1.29 is 24.5 Å². The van der Waals surface area contributed by atoms with Crippen LogP contribution in [0.1, 0.15) is 309 Å². The maximum Gasteiger partial charge on any atom is 0.305 e. The molecule has 2 atom stereocenters. The van der Waals surface area contributed by atoms with Crippen LogP contribution in [0.25, 0.3) is 0 Å². The highest BCUT2D eigenvalue weighted by atomic mass is 16.5. The Morgan fingerprint density at radius 3 is 1.11 bits per heavy atom. The Kier molecular flexibility index (Phi) is 52.6. The molecule has 1 amide bonds. The highest BCUT2D eigenvalue weighted by Gasteiger charge is 2.18. The van der Waals surface area contributed by atoms with Crippen molar-refractivity contribution in [3.63, 3.8) is 0 Å². The number of hydrogen-bond acceptors (Lipinski definition) is 5. The number of allylic oxidation sites excluding steroid dienone is 3. The predicted molar refractivity (Wildman–Crippen MR) is 278 cm³/mol. The monoisotopic (exact) mass is 902 g/mol. The second kappa shape index (κ2) is 54.0. The van der Waals surface area contributed by atoms with Gasteiger partial charge in [0.05, 0.1) is 25.4 Å². The predicted octanol–water partition coefficient (Wildman–Crippen LogP) is 17.5. The number of esters is 1. The van der Waals surface area contributed by atoms with Crippen LogP contribution >= 0.6 is 0 Å². The molecule has 3 N–H and O–H groups in total. The van der Waals surface area contributed by atoms with Gasteiger partial charge in [0.2, 0.25) is 5.91 Å². The number of unbranched alkanes of at least 4 members (excludes halogenated alkanes) is 40. The van der Waals surface area contributed by atoms with Gasteiger partial charge in [0, 0.05) is 12.8 Å². The summed E-state index contributed by atoms with van der Waals surface area (Å²) in [5.74, 6) is -0.0791. The number of aliphatic hydroxyl groups excluding tert-OH is 2. The second-order valence-corrected chi connectivity index (χ2v) is 19.6. The van der Waals surface area contributed by atoms with Crippen molar-refractivity contribution in [2.75, 3.05) is 13.2 Å². The summed E-state index contributed by atoms with van der Waals surface area (Å²) >= 11 is 0. The summed E-state index contributed by atoms with van der Waals surface area (Å²) in [4.78, 5) is 24.5. The summed E-state index contributed by atoms with van der Waals surface area (Å²) in [6, 6.07) is -0.634. The number of carbonyl (C=O) groups excluding carboxylic acids is 2. The van der Waals surface area contributed by atoms with Gasteiger partial charge in [-0.05, 0) is 57.8 Å². The summed E-state index contributed by atoms with van der Waals surface area (Å²) in [5, 5.41) is 23.1. The van der Waals surface area contributed by atoms with E-state index >= 15 is 0 Å². The lowest BCUT2D eigenvalue weighted by atomic mass is 10.0. The van der Waals surface area contributed by atoms with E-state index in [0.29, 0.717) is 19.4 Å². The number of rotatable bonds is 53. The van der Waals surface area contributed by atoms with Crippen LogP contribution in [0.15, 0.2) is 24.3 Å². The summed E-state index contributed by atoms with van der Waals surface area (Å²) in [6.45, 7) is 4.89. The fourth-order valence-electron chi connectivity index (χ4n) is 8.81. The van der Waals surface area contributed by atoms with Gasteiger partial charge in [-0.3, -0.25) is 9.59 Å². The zero-order valence-electron chi connectivity index (χ0n) is 43.0. The fourth-order valence-corrected chi connectivity index (χ4v) is 8.81. The van der Waals surface area contributed by atoms with Crippen molar-refractivity contribution in [1.29, 1.82) is 0 Å². The van der Waals surface area contributed by atoms with Crippen molar-refractivity contribution in [2.45, 2.75) is 321 Å². The summed E-state index contributed by atoms with van der Waals surface area (Å²) in [7, 11) is 0. The van der Waals surface area contributed by atoms with E-state index in [2.05, 4.69) is 31.3 Å². The number of amides is 1. The maximum absolute atomic E-state index is 12.4. The molecule has 6 heteroatoms. The van der Waals surface area contributed by atoms with Gasteiger partial charge in [-0.15, -0.1) is 0 Å². The van der Waals surface area contributed by atoms with Gasteiger partial charge in [-0.1, -0.05) is 263 Å². The van der Waals surface area contributed by atoms with Crippen LogP contribution in [0.5, 0.6) is 0 Å². The Bertz CT molecular complexity index is 997. The molecule has 0 saturated carbocycles. The summed E-state index contributed by atoms with van der Waals surface area (Å²) in [6.07, 6.45) is 64.8. The summed E-state index contributed by atoms with van der Waals surface area (Å²) < 4.78 is 5.48. The van der Waals surface area contributed by atoms with E-state index in [9.17, 15) is 19.8 Å². The Morgan fingerprint density at radius 1 is 0.422 bits per heavy atom. The molecule has 64 heavy (non-hydrogen) atoms. The first-order valence-corrected chi connectivity index (χ1v) is 28.6. The molecule has 0 rings (SSSR count). The van der Waals surface area contributed by atoms with Gasteiger partial charge in [0.1, 0.15) is 0 Å². The molecule has 0 aliphatic carbocycles. The van der Waals surface area contributed by atoms with Crippen LogP contribution in [-0.2, 0) is 14.3 Å². The number of aliphatic hydroxyl groups is 2. The third-order valence-electron chi connectivity index (χ3n) is 13.2. The Morgan fingerprint density at radius 2 is 0.734 bits per heavy atom. The van der Waals surface area contributed by atoms with E-state index in [1.165, 1.54) is 231 Å². The minimum atomic E-state index is -0.849. The largest absolute Gasteiger partial charge is 0.466 e. The first kappa shape index (κ1) is 62.3. The highest BCUT2D eigenvalue weighted by molar-refractivity contribution is 5.76. The van der Waals surface area contributed by atoms with Gasteiger partial charge in [-0.25, -0.2) is 0 Å². The van der Waals surface area contributed by atoms with Crippen LogP contribution in [0, 0.1) is 0 Å². The molecular weight excluding hydrogens is 791 g/mol. The van der Waals surface area contributed by atoms with E-state index in [4.69, 9.17) is 4.74 Å². The SMILES string of the molecule is CCCCCCCCC/C=C\CCCCCCCCCC(=O)OCCCCCCCCCCCCCCCCCC(=O)NC(CO)C(O)/C=C/CCCCCCCCCCCCCC. The van der Waals surface area contributed by atoms with E-state index in [0.717, 1.165) is 51.4 Å². The van der Waals surface area contributed by atoms with Gasteiger partial charge in [-0.2, -0.15) is 0 Å². The van der Waals surface area contributed by atoms with Crippen molar-refractivity contribution in [1.82, 2.24) is 5.32 Å². The highest BCUT2D eigenvalue weighted by Crippen LogP contribution is 2.16. The number of carbonyl (C=O) groups is 2. The van der Waals surface area contributed by atoms with Gasteiger partial charge in [0.25, 0.3) is 0 Å². The molecule has 0 aromatic rings. The normalized spacial score (nSPS) is 12.8. The standard InChI is InChI=1S/C58H111NO5/c1-3-5-7-9-11-13-15-17-19-20-21-24-28-32-36-40-44-48-52-58(63)64-53-49-45-41-37-33-29-25-22-23-27-31-35-39-43-47-51-57(62)59-55(54-60)56(61)50-46-42-38-34-30-26-18-16-14-12-10-8-6-4-2/h19-20,46,50,55-56,60-61H,3-18,21-45,47-49,51-54H2,1-2H3,(H,59,62)/b20-19-,50-46+. The number of hydrogen-bond donors (Lipinski definition) is 3. The van der Waals surface area contributed by atoms with E-state index in [1.807, 2.05) is 6.08 Å². The molecule has 0 saturated heterocycles. The lowest BCUT2D eigenvalue weighted by molar-refractivity contribution is -0.143. The molecule has 0 aliphatic rings. The molecule has 378 valence electrons. The maximum atomic E-state index is 12.4. The summed E-state index contributed by atoms with van der Waals surface area (Å²) in [5.41, 5.74) is 0. The minimum Gasteiger partial charge on any atom is -0.466 e. The first-order valence-electron chi connectivity index (χ1n) is 28.6. The molecule has 0 aliphatic heterocycles. The van der Waals surface area contributed by atoms with Crippen LogP contribution in [0.4, 0.5) is 0 Å². The van der Waals surface area contributed by atoms with E-state index in [1.54, 1.807) is 6.08 Å². The number of nitrogens with one attached hydrogen (secondary N) is 1. The molecule has 6 nitrogen and oxygen atoms in total. The average Bonchev–Trinajstić information content (AvgIpc) is 3.29. The lowest BCUT2D eigenvalue weighted by Crippen LogP contribution is -2.45. The second-order valence-electron chi connectivity index (χ2n) is 19.6. The Labute approximate surface area is 399 Å². The van der Waals surface area contributed by atoms with Crippen molar-refractivity contribution >= 4 is 11.9 Å². The van der Waals surface area contributed by atoms with E-state index in [-0.39, 0.29) is 18.5 Å². The zero-order chi connectivity index (χ0) is 46.5. The van der Waals surface area contributed by atoms with Crippen molar-refractivity contribution in [3.8, 4) is 0 Å². The molecular formula is C58H111NO5. The van der Waals surface area contributed by atoms with Gasteiger partial charge in [0.15, 0.2) is 0 Å². The molecule has 0 bridgehead atoms. The minimum absolute atomic E-state index is 0.00324. The van der Waals surface area contributed by atoms with Gasteiger partial charge >= 0.3 is 5.97 Å². The van der Waals surface area contributed by atoms with E-state index < -0.39 is 12.1 Å². The fraction of sp³-hybridized carbons (Fsp3) is 0.897. The molecule has 0 heterocycles. The van der Waals surface area contributed by atoms with Crippen LogP contribution in [0.3, 0.4) is 0 Å². The topological polar surface area (TPSA) is 95.9 Å². The molecule has 0 spiro atoms. The molecule has 0 aromatic heterocycles. The smallest absolute Gasteiger partial charge is 0.305 e. The Balaban J connectivity index is 3.44. The Hall–Kier alpha value is -1.66. The number of ether oxygens (including phenoxy) is 1. The van der Waals surface area contributed by atoms with Crippen molar-refractivity contribution in [3.05, 3.63) is 24.3 Å².